The van der Waals surface area contributed by atoms with Crippen LogP contribution in [0.4, 0.5) is 0 Å². The van der Waals surface area contributed by atoms with Gasteiger partial charge in [0, 0.05) is 38.6 Å². The highest BCUT2D eigenvalue weighted by Gasteiger charge is 2.51. The molecule has 0 bridgehead atoms. The van der Waals surface area contributed by atoms with E-state index in [1.54, 1.807) is 0 Å². The van der Waals surface area contributed by atoms with Gasteiger partial charge in [0.2, 0.25) is 0 Å². The Morgan fingerprint density at radius 1 is 0.972 bits per heavy atom. The van der Waals surface area contributed by atoms with E-state index in [0.29, 0.717) is 0 Å². The monoisotopic (exact) mass is 482 g/mol. The van der Waals surface area contributed by atoms with Gasteiger partial charge in [-0.3, -0.25) is 14.6 Å². The van der Waals surface area contributed by atoms with Gasteiger partial charge in [0.1, 0.15) is 6.10 Å². The Balaban J connectivity index is 1.16. The number of carbonyl (C=O) groups is 1. The minimum atomic E-state index is -0.0487. The smallest absolute Gasteiger partial charge is 0.311 e. The Morgan fingerprint density at radius 2 is 1.61 bits per heavy atom. The molecule has 0 spiro atoms. The molecule has 4 atom stereocenters. The highest BCUT2D eigenvalue weighted by Crippen LogP contribution is 2.52. The molecule has 0 saturated carbocycles. The van der Waals surface area contributed by atoms with Crippen LogP contribution in [0.5, 0.6) is 0 Å². The van der Waals surface area contributed by atoms with Crippen molar-refractivity contribution in [3.8, 4) is 0 Å². The molecular formula is C32H38N2O2. The maximum atomic E-state index is 13.0. The lowest BCUT2D eigenvalue weighted by Crippen LogP contribution is -2.50. The van der Waals surface area contributed by atoms with Gasteiger partial charge in [0.05, 0.1) is 12.0 Å². The number of fused-ring (bicyclic) bond motifs is 2. The lowest BCUT2D eigenvalue weighted by Gasteiger charge is -2.43. The highest BCUT2D eigenvalue weighted by molar-refractivity contribution is 5.76. The van der Waals surface area contributed by atoms with E-state index in [-0.39, 0.29) is 35.4 Å². The van der Waals surface area contributed by atoms with Gasteiger partial charge in [-0.2, -0.15) is 0 Å². The van der Waals surface area contributed by atoms with E-state index in [0.717, 1.165) is 52.0 Å². The molecule has 2 heterocycles. The third kappa shape index (κ3) is 4.35. The van der Waals surface area contributed by atoms with Crippen molar-refractivity contribution in [2.45, 2.75) is 45.3 Å². The quantitative estimate of drug-likeness (QED) is 0.517. The van der Waals surface area contributed by atoms with E-state index in [4.69, 9.17) is 4.74 Å². The van der Waals surface area contributed by atoms with Crippen molar-refractivity contribution in [3.05, 3.63) is 95.1 Å². The van der Waals surface area contributed by atoms with E-state index in [1.807, 2.05) is 0 Å². The summed E-state index contributed by atoms with van der Waals surface area (Å²) in [5.41, 5.74) is 5.71. The molecule has 4 nitrogen and oxygen atoms in total. The van der Waals surface area contributed by atoms with Crippen molar-refractivity contribution in [3.63, 3.8) is 0 Å². The molecule has 4 aliphatic rings. The SMILES string of the molecule is CC1=CCC[C@]2(C)C[C@H]3OC(=O)C(CN4CCN(C(c5ccccc5)c5ccccc5)CC4)[C@H]3C=C12. The van der Waals surface area contributed by atoms with Gasteiger partial charge < -0.3 is 4.74 Å². The average molecular weight is 483 g/mol. The van der Waals surface area contributed by atoms with Gasteiger partial charge in [0.25, 0.3) is 0 Å². The fourth-order valence-corrected chi connectivity index (χ4v) is 7.20. The Hall–Kier alpha value is -2.69. The molecule has 2 aromatic rings. The number of esters is 1. The number of benzene rings is 2. The summed E-state index contributed by atoms with van der Waals surface area (Å²) in [5, 5.41) is 0. The molecule has 0 aromatic heterocycles. The standard InChI is InChI=1S/C32H38N2O2/c1-23-10-9-15-32(2)21-29-26(20-28(23)32)27(31(35)36-29)22-33-16-18-34(19-17-33)30(24-11-5-3-6-12-24)25-13-7-4-8-14-25/h3-8,10-14,20,26-27,29-30H,9,15-19,21-22H2,1-2H3/t26-,27?,29-,32-/m1/s1. The summed E-state index contributed by atoms with van der Waals surface area (Å²) in [7, 11) is 0. The van der Waals surface area contributed by atoms with Crippen molar-refractivity contribution >= 4 is 5.97 Å². The fraction of sp³-hybridized carbons (Fsp3) is 0.469. The van der Waals surface area contributed by atoms with Gasteiger partial charge >= 0.3 is 5.97 Å². The van der Waals surface area contributed by atoms with Crippen LogP contribution in [0.25, 0.3) is 0 Å². The van der Waals surface area contributed by atoms with E-state index in [9.17, 15) is 4.79 Å². The fourth-order valence-electron chi connectivity index (χ4n) is 7.20. The third-order valence-electron chi connectivity index (χ3n) is 9.15. The summed E-state index contributed by atoms with van der Waals surface area (Å²) in [6, 6.07) is 21.9. The topological polar surface area (TPSA) is 32.8 Å². The summed E-state index contributed by atoms with van der Waals surface area (Å²) in [6.45, 7) is 9.34. The number of carbonyl (C=O) groups excluding carboxylic acids is 1. The Labute approximate surface area is 215 Å². The zero-order valence-corrected chi connectivity index (χ0v) is 21.6. The van der Waals surface area contributed by atoms with Crippen LogP contribution in [0, 0.1) is 17.3 Å². The van der Waals surface area contributed by atoms with Crippen molar-refractivity contribution < 1.29 is 9.53 Å². The van der Waals surface area contributed by atoms with Gasteiger partial charge in [0.15, 0.2) is 0 Å². The Kier molecular flexibility index (Phi) is 6.35. The first-order valence-corrected chi connectivity index (χ1v) is 13.7. The molecule has 2 aliphatic carbocycles. The van der Waals surface area contributed by atoms with E-state index in [1.165, 1.54) is 22.3 Å². The van der Waals surface area contributed by atoms with Crippen LogP contribution in [-0.2, 0) is 9.53 Å². The molecule has 0 N–H and O–H groups in total. The number of allylic oxidation sites excluding steroid dienone is 3. The first kappa shape index (κ1) is 23.7. The summed E-state index contributed by atoms with van der Waals surface area (Å²) in [4.78, 5) is 18.1. The van der Waals surface area contributed by atoms with Gasteiger partial charge in [-0.25, -0.2) is 0 Å². The van der Waals surface area contributed by atoms with Crippen molar-refractivity contribution in [1.29, 1.82) is 0 Å². The minimum Gasteiger partial charge on any atom is -0.461 e. The van der Waals surface area contributed by atoms with Crippen molar-refractivity contribution in [2.75, 3.05) is 32.7 Å². The van der Waals surface area contributed by atoms with E-state index in [2.05, 4.69) is 96.5 Å². The summed E-state index contributed by atoms with van der Waals surface area (Å²) >= 11 is 0. The van der Waals surface area contributed by atoms with Crippen molar-refractivity contribution in [2.24, 2.45) is 17.3 Å². The summed E-state index contributed by atoms with van der Waals surface area (Å²) < 4.78 is 6.00. The second kappa shape index (κ2) is 9.64. The summed E-state index contributed by atoms with van der Waals surface area (Å²) in [5.74, 6) is 0.174. The Bertz CT molecular complexity index is 1110. The van der Waals surface area contributed by atoms with Crippen LogP contribution in [0.1, 0.15) is 50.3 Å². The number of hydrogen-bond acceptors (Lipinski definition) is 4. The molecule has 4 heteroatoms. The molecule has 0 radical (unpaired) electrons. The largest absolute Gasteiger partial charge is 0.461 e. The van der Waals surface area contributed by atoms with Crippen LogP contribution >= 0.6 is 0 Å². The number of ether oxygens (including phenoxy) is 1. The van der Waals surface area contributed by atoms with Crippen LogP contribution in [0.15, 0.2) is 84.0 Å². The first-order valence-electron chi connectivity index (χ1n) is 13.7. The molecule has 36 heavy (non-hydrogen) atoms. The maximum Gasteiger partial charge on any atom is 0.311 e. The lowest BCUT2D eigenvalue weighted by atomic mass is 9.62. The normalized spacial score (nSPS) is 30.9. The summed E-state index contributed by atoms with van der Waals surface area (Å²) in [6.07, 6.45) is 8.10. The van der Waals surface area contributed by atoms with Crippen LogP contribution in [0.2, 0.25) is 0 Å². The molecule has 1 unspecified atom stereocenters. The van der Waals surface area contributed by atoms with E-state index < -0.39 is 0 Å². The van der Waals surface area contributed by atoms with Gasteiger partial charge in [-0.15, -0.1) is 0 Å². The average Bonchev–Trinajstić information content (AvgIpc) is 3.18. The molecule has 6 rings (SSSR count). The molecule has 2 fully saturated rings. The molecule has 0 amide bonds. The molecular weight excluding hydrogens is 444 g/mol. The number of hydrogen-bond donors (Lipinski definition) is 0. The second-order valence-corrected chi connectivity index (χ2v) is 11.5. The predicted octanol–water partition coefficient (Wildman–Crippen LogP) is 5.63. The molecule has 188 valence electrons. The van der Waals surface area contributed by atoms with E-state index >= 15 is 0 Å². The Morgan fingerprint density at radius 3 is 2.25 bits per heavy atom. The maximum absolute atomic E-state index is 13.0. The van der Waals surface area contributed by atoms with Crippen LogP contribution in [0.3, 0.4) is 0 Å². The van der Waals surface area contributed by atoms with Crippen molar-refractivity contribution in [1.82, 2.24) is 9.80 Å². The molecule has 2 aromatic carbocycles. The number of piperazine rings is 1. The minimum absolute atomic E-state index is 0.0135. The predicted molar refractivity (Wildman–Crippen MR) is 143 cm³/mol. The van der Waals surface area contributed by atoms with Gasteiger partial charge in [-0.1, -0.05) is 85.3 Å². The first-order chi connectivity index (χ1) is 17.5. The third-order valence-corrected chi connectivity index (χ3v) is 9.15. The zero-order chi connectivity index (χ0) is 24.7. The van der Waals surface area contributed by atoms with Crippen LogP contribution in [-0.4, -0.2) is 54.6 Å². The second-order valence-electron chi connectivity index (χ2n) is 11.5. The lowest BCUT2D eigenvalue weighted by molar-refractivity contribution is -0.145. The number of rotatable bonds is 5. The number of nitrogens with zero attached hydrogens (tertiary/aromatic N) is 2. The van der Waals surface area contributed by atoms with Crippen LogP contribution < -0.4 is 0 Å². The molecule has 2 saturated heterocycles. The highest BCUT2D eigenvalue weighted by atomic mass is 16.6. The van der Waals surface area contributed by atoms with Gasteiger partial charge in [-0.05, 0) is 48.3 Å². The molecule has 2 aliphatic heterocycles. The zero-order valence-electron chi connectivity index (χ0n) is 21.6.